The highest BCUT2D eigenvalue weighted by molar-refractivity contribution is 7.86. The molecule has 0 bridgehead atoms. The Bertz CT molecular complexity index is 880. The number of hydrogen-bond donors (Lipinski definition) is 2. The predicted octanol–water partition coefficient (Wildman–Crippen LogP) is 1.81. The van der Waals surface area contributed by atoms with Crippen LogP contribution in [-0.2, 0) is 25.5 Å². The zero-order chi connectivity index (χ0) is 19.4. The van der Waals surface area contributed by atoms with Crippen molar-refractivity contribution in [2.75, 3.05) is 6.54 Å². The molecule has 3 atom stereocenters. The second-order valence-corrected chi connectivity index (χ2v) is 8.34. The molecule has 144 valence electrons. The standard InChI is InChI=1S/C20H23NO5S/c1-14-7-9-16(10-8-14)27(24,25)26-18-11-12-21-20(23)17(19(18)22)13-15-5-3-2-4-6-15/h2-10,17-19,22H,11-13H2,1H3,(H,21,23). The van der Waals surface area contributed by atoms with Crippen LogP contribution in [0.15, 0.2) is 59.5 Å². The molecule has 0 saturated carbocycles. The van der Waals surface area contributed by atoms with Crippen LogP contribution >= 0.6 is 0 Å². The quantitative estimate of drug-likeness (QED) is 0.761. The highest BCUT2D eigenvalue weighted by Crippen LogP contribution is 2.25. The van der Waals surface area contributed by atoms with Crippen molar-refractivity contribution in [2.24, 2.45) is 5.92 Å². The van der Waals surface area contributed by atoms with Gasteiger partial charge in [-0.2, -0.15) is 8.42 Å². The molecule has 7 heteroatoms. The van der Waals surface area contributed by atoms with Gasteiger partial charge in [-0.15, -0.1) is 0 Å². The fraction of sp³-hybridized carbons (Fsp3) is 0.350. The lowest BCUT2D eigenvalue weighted by molar-refractivity contribution is -0.129. The Kier molecular flexibility index (Phi) is 5.94. The summed E-state index contributed by atoms with van der Waals surface area (Å²) in [4.78, 5) is 12.4. The molecule has 6 nitrogen and oxygen atoms in total. The first-order chi connectivity index (χ1) is 12.9. The van der Waals surface area contributed by atoms with E-state index in [0.717, 1.165) is 11.1 Å². The monoisotopic (exact) mass is 389 g/mol. The number of benzene rings is 2. The molecule has 0 radical (unpaired) electrons. The van der Waals surface area contributed by atoms with Crippen LogP contribution in [-0.4, -0.2) is 38.2 Å². The molecule has 2 aromatic carbocycles. The maximum atomic E-state index is 12.6. The summed E-state index contributed by atoms with van der Waals surface area (Å²) in [5.41, 5.74) is 1.82. The number of hydrogen-bond acceptors (Lipinski definition) is 5. The van der Waals surface area contributed by atoms with Gasteiger partial charge < -0.3 is 10.4 Å². The molecule has 1 saturated heterocycles. The van der Waals surface area contributed by atoms with E-state index in [1.54, 1.807) is 12.1 Å². The average molecular weight is 389 g/mol. The van der Waals surface area contributed by atoms with Crippen LogP contribution in [0.3, 0.4) is 0 Å². The number of aliphatic hydroxyl groups is 1. The summed E-state index contributed by atoms with van der Waals surface area (Å²) < 4.78 is 30.5. The van der Waals surface area contributed by atoms with Gasteiger partial charge in [0, 0.05) is 6.54 Å². The summed E-state index contributed by atoms with van der Waals surface area (Å²) in [5.74, 6) is -1.08. The lowest BCUT2D eigenvalue weighted by Crippen LogP contribution is -2.41. The van der Waals surface area contributed by atoms with Gasteiger partial charge in [0.2, 0.25) is 5.91 Å². The van der Waals surface area contributed by atoms with Crippen molar-refractivity contribution >= 4 is 16.0 Å². The third kappa shape index (κ3) is 4.74. The van der Waals surface area contributed by atoms with E-state index in [1.165, 1.54) is 12.1 Å². The van der Waals surface area contributed by atoms with Crippen molar-refractivity contribution in [2.45, 2.75) is 36.9 Å². The SMILES string of the molecule is Cc1ccc(S(=O)(=O)OC2CCNC(=O)C(Cc3ccccc3)C2O)cc1. The molecule has 3 rings (SSSR count). The van der Waals surface area contributed by atoms with Gasteiger partial charge >= 0.3 is 0 Å². The molecule has 0 aromatic heterocycles. The number of amides is 1. The number of rotatable bonds is 5. The van der Waals surface area contributed by atoms with Crippen LogP contribution in [0.25, 0.3) is 0 Å². The third-order valence-electron chi connectivity index (χ3n) is 4.72. The number of carbonyl (C=O) groups excluding carboxylic acids is 1. The smallest absolute Gasteiger partial charge is 0.297 e. The van der Waals surface area contributed by atoms with E-state index in [9.17, 15) is 18.3 Å². The lowest BCUT2D eigenvalue weighted by atomic mass is 9.90. The van der Waals surface area contributed by atoms with Crippen molar-refractivity contribution in [1.29, 1.82) is 0 Å². The molecule has 0 aliphatic carbocycles. The number of nitrogens with one attached hydrogen (secondary N) is 1. The fourth-order valence-electron chi connectivity index (χ4n) is 3.16. The highest BCUT2D eigenvalue weighted by atomic mass is 32.2. The molecule has 2 aromatic rings. The Morgan fingerprint density at radius 2 is 1.78 bits per heavy atom. The molecule has 1 fully saturated rings. The summed E-state index contributed by atoms with van der Waals surface area (Å²) in [6, 6.07) is 15.6. The molecule has 1 heterocycles. The maximum absolute atomic E-state index is 12.6. The van der Waals surface area contributed by atoms with Crippen LogP contribution in [0.5, 0.6) is 0 Å². The second kappa shape index (κ2) is 8.21. The van der Waals surface area contributed by atoms with Gasteiger partial charge in [0.05, 0.1) is 16.9 Å². The first kappa shape index (κ1) is 19.5. The van der Waals surface area contributed by atoms with Gasteiger partial charge in [-0.1, -0.05) is 48.0 Å². The highest BCUT2D eigenvalue weighted by Gasteiger charge is 2.38. The fourth-order valence-corrected chi connectivity index (χ4v) is 4.28. The Balaban J connectivity index is 1.80. The number of carbonyl (C=O) groups is 1. The molecular formula is C20H23NO5S. The van der Waals surface area contributed by atoms with Crippen LogP contribution in [0.4, 0.5) is 0 Å². The molecule has 0 spiro atoms. The van der Waals surface area contributed by atoms with Crippen molar-refractivity contribution in [3.05, 3.63) is 65.7 Å². The Morgan fingerprint density at radius 3 is 2.44 bits per heavy atom. The minimum absolute atomic E-state index is 0.0310. The minimum Gasteiger partial charge on any atom is -0.390 e. The molecule has 1 aliphatic heterocycles. The minimum atomic E-state index is -4.04. The van der Waals surface area contributed by atoms with Crippen molar-refractivity contribution < 1.29 is 22.5 Å². The topological polar surface area (TPSA) is 92.7 Å². The Morgan fingerprint density at radius 1 is 1.11 bits per heavy atom. The first-order valence-corrected chi connectivity index (χ1v) is 10.3. The van der Waals surface area contributed by atoms with E-state index in [0.29, 0.717) is 6.42 Å². The second-order valence-electron chi connectivity index (χ2n) is 6.77. The van der Waals surface area contributed by atoms with E-state index >= 15 is 0 Å². The molecular weight excluding hydrogens is 366 g/mol. The molecule has 2 N–H and O–H groups in total. The third-order valence-corrected chi connectivity index (χ3v) is 6.07. The van der Waals surface area contributed by atoms with Gasteiger partial charge in [0.25, 0.3) is 10.1 Å². The summed E-state index contributed by atoms with van der Waals surface area (Å²) in [6.07, 6.45) is -1.71. The van der Waals surface area contributed by atoms with Crippen LogP contribution < -0.4 is 5.32 Å². The van der Waals surface area contributed by atoms with E-state index in [4.69, 9.17) is 4.18 Å². The van der Waals surface area contributed by atoms with Crippen LogP contribution in [0.1, 0.15) is 17.5 Å². The molecule has 1 aliphatic rings. The van der Waals surface area contributed by atoms with E-state index < -0.39 is 28.2 Å². The number of aryl methyl sites for hydroxylation is 1. The van der Waals surface area contributed by atoms with E-state index in [1.807, 2.05) is 37.3 Å². The van der Waals surface area contributed by atoms with Gasteiger partial charge in [-0.3, -0.25) is 8.98 Å². The van der Waals surface area contributed by atoms with Crippen molar-refractivity contribution in [3.63, 3.8) is 0 Å². The van der Waals surface area contributed by atoms with Crippen LogP contribution in [0.2, 0.25) is 0 Å². The number of aliphatic hydroxyl groups excluding tert-OH is 1. The zero-order valence-corrected chi connectivity index (χ0v) is 15.9. The Labute approximate surface area is 159 Å². The average Bonchev–Trinajstić information content (AvgIpc) is 2.77. The molecule has 27 heavy (non-hydrogen) atoms. The summed E-state index contributed by atoms with van der Waals surface area (Å²) in [7, 11) is -4.04. The summed E-state index contributed by atoms with van der Waals surface area (Å²) in [6.45, 7) is 2.10. The van der Waals surface area contributed by atoms with E-state index in [-0.39, 0.29) is 23.8 Å². The normalized spacial score (nSPS) is 23.5. The van der Waals surface area contributed by atoms with E-state index in [2.05, 4.69) is 5.32 Å². The van der Waals surface area contributed by atoms with Crippen molar-refractivity contribution in [1.82, 2.24) is 5.32 Å². The van der Waals surface area contributed by atoms with Crippen molar-refractivity contribution in [3.8, 4) is 0 Å². The van der Waals surface area contributed by atoms with Gasteiger partial charge in [-0.25, -0.2) is 0 Å². The van der Waals surface area contributed by atoms with Gasteiger partial charge in [0.1, 0.15) is 6.10 Å². The molecule has 1 amide bonds. The maximum Gasteiger partial charge on any atom is 0.297 e. The van der Waals surface area contributed by atoms with Gasteiger partial charge in [-0.05, 0) is 37.5 Å². The zero-order valence-electron chi connectivity index (χ0n) is 15.0. The first-order valence-electron chi connectivity index (χ1n) is 8.86. The predicted molar refractivity (Wildman–Crippen MR) is 101 cm³/mol. The Hall–Kier alpha value is -2.22. The summed E-state index contributed by atoms with van der Waals surface area (Å²) in [5, 5.41) is 13.5. The molecule has 3 unspecified atom stereocenters. The van der Waals surface area contributed by atoms with Gasteiger partial charge in [0.15, 0.2) is 0 Å². The largest absolute Gasteiger partial charge is 0.390 e. The summed E-state index contributed by atoms with van der Waals surface area (Å²) >= 11 is 0. The lowest BCUT2D eigenvalue weighted by Gasteiger charge is -2.25. The van der Waals surface area contributed by atoms with Crippen LogP contribution in [0, 0.1) is 12.8 Å².